The Morgan fingerprint density at radius 2 is 1.78 bits per heavy atom. The number of anilines is 1. The van der Waals surface area contributed by atoms with Crippen molar-refractivity contribution in [3.05, 3.63) is 59.4 Å². The van der Waals surface area contributed by atoms with Crippen LogP contribution in [0.3, 0.4) is 0 Å². The Balaban J connectivity index is 1.57. The fourth-order valence-electron chi connectivity index (χ4n) is 3.87. The largest absolute Gasteiger partial charge is 0.336 e. The topological polar surface area (TPSA) is 56.8 Å². The van der Waals surface area contributed by atoms with Gasteiger partial charge in [-0.05, 0) is 44.2 Å². The summed E-state index contributed by atoms with van der Waals surface area (Å²) < 4.78 is 0. The van der Waals surface area contributed by atoms with Crippen LogP contribution in [-0.2, 0) is 6.42 Å². The molecule has 140 valence electrons. The van der Waals surface area contributed by atoms with Gasteiger partial charge in [0, 0.05) is 49.7 Å². The smallest absolute Gasteiger partial charge is 0.277 e. The molecule has 0 bridgehead atoms. The van der Waals surface area contributed by atoms with E-state index in [1.807, 2.05) is 30.0 Å². The van der Waals surface area contributed by atoms with Crippen molar-refractivity contribution in [1.82, 2.24) is 14.8 Å². The molecule has 1 saturated heterocycles. The van der Waals surface area contributed by atoms with Crippen molar-refractivity contribution in [2.45, 2.75) is 19.4 Å². The molecule has 4 rings (SSSR count). The summed E-state index contributed by atoms with van der Waals surface area (Å²) in [5.74, 6) is -0.185. The van der Waals surface area contributed by atoms with Crippen LogP contribution in [-0.4, -0.2) is 65.9 Å². The summed E-state index contributed by atoms with van der Waals surface area (Å²) in [7, 11) is 2.06. The van der Waals surface area contributed by atoms with E-state index in [2.05, 4.69) is 23.0 Å². The van der Waals surface area contributed by atoms with Crippen LogP contribution >= 0.6 is 0 Å². The maximum atomic E-state index is 13.1. The summed E-state index contributed by atoms with van der Waals surface area (Å²) in [6, 6.07) is 11.4. The standard InChI is InChI=1S/C21H24N4O2/c1-15-13-16-5-3-4-6-19(16)25(15)21(27)18-14-17(7-8-22-18)20(26)24-11-9-23(2)10-12-24/h3-8,14-15H,9-13H2,1-2H3. The minimum Gasteiger partial charge on any atom is -0.336 e. The van der Waals surface area contributed by atoms with Crippen molar-refractivity contribution < 1.29 is 9.59 Å². The maximum Gasteiger partial charge on any atom is 0.277 e. The van der Waals surface area contributed by atoms with Crippen LogP contribution in [0.15, 0.2) is 42.6 Å². The SMILES string of the molecule is CC1Cc2ccccc2N1C(=O)c1cc(C(=O)N2CCN(C)CC2)ccn1. The van der Waals surface area contributed by atoms with Gasteiger partial charge in [-0.25, -0.2) is 0 Å². The van der Waals surface area contributed by atoms with E-state index in [0.717, 1.165) is 25.2 Å². The first-order chi connectivity index (χ1) is 13.0. The van der Waals surface area contributed by atoms with Gasteiger partial charge < -0.3 is 14.7 Å². The number of benzene rings is 1. The first-order valence-corrected chi connectivity index (χ1v) is 9.40. The van der Waals surface area contributed by atoms with Crippen molar-refractivity contribution in [3.63, 3.8) is 0 Å². The molecule has 0 aliphatic carbocycles. The number of pyridine rings is 1. The van der Waals surface area contributed by atoms with Crippen LogP contribution in [0.1, 0.15) is 33.3 Å². The molecule has 1 fully saturated rings. The van der Waals surface area contributed by atoms with E-state index in [1.165, 1.54) is 5.56 Å². The van der Waals surface area contributed by atoms with E-state index >= 15 is 0 Å². The van der Waals surface area contributed by atoms with Crippen LogP contribution in [0.25, 0.3) is 0 Å². The van der Waals surface area contributed by atoms with Gasteiger partial charge in [0.25, 0.3) is 11.8 Å². The van der Waals surface area contributed by atoms with Crippen molar-refractivity contribution in [2.24, 2.45) is 0 Å². The van der Waals surface area contributed by atoms with Gasteiger partial charge in [0.05, 0.1) is 0 Å². The fraction of sp³-hybridized carbons (Fsp3) is 0.381. The van der Waals surface area contributed by atoms with Gasteiger partial charge in [-0.1, -0.05) is 18.2 Å². The monoisotopic (exact) mass is 364 g/mol. The Morgan fingerprint density at radius 3 is 2.56 bits per heavy atom. The molecule has 2 amide bonds. The zero-order valence-corrected chi connectivity index (χ0v) is 15.8. The number of carbonyl (C=O) groups excluding carboxylic acids is 2. The number of amides is 2. The molecule has 2 aliphatic rings. The van der Waals surface area contributed by atoms with Crippen molar-refractivity contribution in [1.29, 1.82) is 0 Å². The van der Waals surface area contributed by atoms with Crippen LogP contribution in [0.4, 0.5) is 5.69 Å². The van der Waals surface area contributed by atoms with Gasteiger partial charge in [-0.3, -0.25) is 14.6 Å². The zero-order chi connectivity index (χ0) is 19.0. The van der Waals surface area contributed by atoms with Crippen LogP contribution in [0, 0.1) is 0 Å². The predicted molar refractivity (Wildman–Crippen MR) is 104 cm³/mol. The average Bonchev–Trinajstić information content (AvgIpc) is 3.03. The van der Waals surface area contributed by atoms with E-state index in [9.17, 15) is 9.59 Å². The second-order valence-corrected chi connectivity index (χ2v) is 7.38. The molecule has 2 aliphatic heterocycles. The first kappa shape index (κ1) is 17.7. The molecule has 0 N–H and O–H groups in total. The highest BCUT2D eigenvalue weighted by molar-refractivity contribution is 6.07. The van der Waals surface area contributed by atoms with Crippen LogP contribution in [0.2, 0.25) is 0 Å². The van der Waals surface area contributed by atoms with E-state index in [4.69, 9.17) is 0 Å². The summed E-state index contributed by atoms with van der Waals surface area (Å²) in [6.07, 6.45) is 2.39. The Bertz CT molecular complexity index is 874. The van der Waals surface area contributed by atoms with Crippen molar-refractivity contribution in [2.75, 3.05) is 38.1 Å². The third kappa shape index (κ3) is 3.32. The second-order valence-electron chi connectivity index (χ2n) is 7.38. The Kier molecular flexibility index (Phi) is 4.66. The van der Waals surface area contributed by atoms with E-state index in [-0.39, 0.29) is 17.9 Å². The lowest BCUT2D eigenvalue weighted by atomic mass is 10.1. The minimum absolute atomic E-state index is 0.0329. The third-order valence-corrected chi connectivity index (χ3v) is 5.44. The summed E-state index contributed by atoms with van der Waals surface area (Å²) >= 11 is 0. The molecule has 0 saturated carbocycles. The normalized spacial score (nSPS) is 19.9. The highest BCUT2D eigenvalue weighted by Gasteiger charge is 2.32. The number of nitrogens with zero attached hydrogens (tertiary/aromatic N) is 4. The summed E-state index contributed by atoms with van der Waals surface area (Å²) in [5.41, 5.74) is 2.95. The van der Waals surface area contributed by atoms with Gasteiger partial charge in [-0.15, -0.1) is 0 Å². The lowest BCUT2D eigenvalue weighted by Gasteiger charge is -2.32. The third-order valence-electron chi connectivity index (χ3n) is 5.44. The van der Waals surface area contributed by atoms with Gasteiger partial charge in [0.2, 0.25) is 0 Å². The number of carbonyl (C=O) groups is 2. The number of likely N-dealkylation sites (N-methyl/N-ethyl adjacent to an activating group) is 1. The Morgan fingerprint density at radius 1 is 1.04 bits per heavy atom. The molecule has 2 aromatic rings. The van der Waals surface area contributed by atoms with Crippen LogP contribution in [0.5, 0.6) is 0 Å². The number of aromatic nitrogens is 1. The van der Waals surface area contributed by atoms with Crippen molar-refractivity contribution in [3.8, 4) is 0 Å². The van der Waals surface area contributed by atoms with E-state index < -0.39 is 0 Å². The lowest BCUT2D eigenvalue weighted by Crippen LogP contribution is -2.47. The first-order valence-electron chi connectivity index (χ1n) is 9.40. The van der Waals surface area contributed by atoms with E-state index in [1.54, 1.807) is 23.2 Å². The summed E-state index contributed by atoms with van der Waals surface area (Å²) in [6.45, 7) is 5.18. The van der Waals surface area contributed by atoms with Gasteiger partial charge in [-0.2, -0.15) is 0 Å². The predicted octanol–water partition coefficient (Wildman–Crippen LogP) is 2.06. The quantitative estimate of drug-likeness (QED) is 0.819. The molecule has 6 heteroatoms. The summed E-state index contributed by atoms with van der Waals surface area (Å²) in [4.78, 5) is 36.1. The minimum atomic E-state index is -0.152. The molecule has 0 radical (unpaired) electrons. The number of para-hydroxylation sites is 1. The van der Waals surface area contributed by atoms with E-state index in [0.29, 0.717) is 24.3 Å². The lowest BCUT2D eigenvalue weighted by molar-refractivity contribution is 0.0664. The zero-order valence-electron chi connectivity index (χ0n) is 15.8. The molecule has 27 heavy (non-hydrogen) atoms. The van der Waals surface area contributed by atoms with Crippen molar-refractivity contribution >= 4 is 17.5 Å². The number of hydrogen-bond donors (Lipinski definition) is 0. The van der Waals surface area contributed by atoms with Gasteiger partial charge in [0.15, 0.2) is 0 Å². The fourth-order valence-corrected chi connectivity index (χ4v) is 3.87. The molecule has 3 heterocycles. The molecule has 1 aromatic heterocycles. The van der Waals surface area contributed by atoms with Crippen LogP contribution < -0.4 is 4.90 Å². The highest BCUT2D eigenvalue weighted by atomic mass is 16.2. The Labute approximate surface area is 159 Å². The molecule has 1 atom stereocenters. The summed E-state index contributed by atoms with van der Waals surface area (Å²) in [5, 5.41) is 0. The number of piperazine rings is 1. The molecule has 1 aromatic carbocycles. The Hall–Kier alpha value is -2.73. The number of hydrogen-bond acceptors (Lipinski definition) is 4. The highest BCUT2D eigenvalue weighted by Crippen LogP contribution is 2.32. The molecule has 0 spiro atoms. The molecular formula is C21H24N4O2. The van der Waals surface area contributed by atoms with Gasteiger partial charge in [0.1, 0.15) is 5.69 Å². The molecular weight excluding hydrogens is 340 g/mol. The number of fused-ring (bicyclic) bond motifs is 1. The van der Waals surface area contributed by atoms with Gasteiger partial charge >= 0.3 is 0 Å². The molecule has 1 unspecified atom stereocenters. The average molecular weight is 364 g/mol. The number of rotatable bonds is 2. The second kappa shape index (κ2) is 7.12. The maximum absolute atomic E-state index is 13.1. The molecule has 6 nitrogen and oxygen atoms in total.